The van der Waals surface area contributed by atoms with Crippen LogP contribution in [0.25, 0.3) is 0 Å². The molecule has 0 spiro atoms. The molecule has 1 aliphatic carbocycles. The lowest BCUT2D eigenvalue weighted by molar-refractivity contribution is -0.117. The summed E-state index contributed by atoms with van der Waals surface area (Å²) in [5.41, 5.74) is 4.19. The van der Waals surface area contributed by atoms with Gasteiger partial charge in [0.2, 0.25) is 0 Å². The van der Waals surface area contributed by atoms with Gasteiger partial charge in [0.15, 0.2) is 0 Å². The fraction of sp³-hybridized carbons (Fsp3) is 0.240. The molecule has 0 unspecified atom stereocenters. The van der Waals surface area contributed by atoms with E-state index < -0.39 is 0 Å². The molecule has 31 heavy (non-hydrogen) atoms. The van der Waals surface area contributed by atoms with Crippen molar-refractivity contribution in [3.05, 3.63) is 77.6 Å². The zero-order chi connectivity index (χ0) is 22.0. The van der Waals surface area contributed by atoms with Crippen LogP contribution in [0.4, 0.5) is 16.2 Å². The number of amides is 2. The Morgan fingerprint density at radius 2 is 1.71 bits per heavy atom. The molecule has 0 fully saturated rings. The highest BCUT2D eigenvalue weighted by atomic mass is 16.5. The fourth-order valence-corrected chi connectivity index (χ4v) is 3.51. The summed E-state index contributed by atoms with van der Waals surface area (Å²) in [5, 5.41) is 5.66. The summed E-state index contributed by atoms with van der Waals surface area (Å²) in [6, 6.07) is 16.4. The summed E-state index contributed by atoms with van der Waals surface area (Å²) in [4.78, 5) is 28.4. The molecule has 2 aromatic carbocycles. The SMILES string of the molecule is CC(C)(C)c1ccc(NC(=O)Nc2cccc(Oc3ccnc4c3CC(=O)C4)c2)cc1. The van der Waals surface area contributed by atoms with E-state index in [2.05, 4.69) is 36.4 Å². The first-order chi connectivity index (χ1) is 14.8. The Morgan fingerprint density at radius 3 is 2.45 bits per heavy atom. The number of ether oxygens (including phenoxy) is 1. The number of anilines is 2. The van der Waals surface area contributed by atoms with Crippen LogP contribution in [-0.4, -0.2) is 16.8 Å². The standard InChI is InChI=1S/C25H25N3O3/c1-25(2,3)16-7-9-17(10-8-16)27-24(30)28-18-5-4-6-20(13-18)31-23-11-12-26-22-15-19(29)14-21(22)23/h4-13H,14-15H2,1-3H3,(H2,27,28,30). The van der Waals surface area contributed by atoms with Gasteiger partial charge in [-0.25, -0.2) is 4.79 Å². The molecule has 158 valence electrons. The van der Waals surface area contributed by atoms with Crippen molar-refractivity contribution in [2.24, 2.45) is 0 Å². The predicted octanol–water partition coefficient (Wildman–Crippen LogP) is 5.48. The number of carbonyl (C=O) groups is 2. The Bertz CT molecular complexity index is 1130. The number of urea groups is 1. The Morgan fingerprint density at radius 1 is 0.968 bits per heavy atom. The van der Waals surface area contributed by atoms with E-state index in [1.54, 1.807) is 36.5 Å². The van der Waals surface area contributed by atoms with E-state index in [0.29, 0.717) is 30.0 Å². The number of Topliss-reactive ketones (excluding diaryl/α,β-unsaturated/α-hetero) is 1. The molecule has 0 saturated heterocycles. The summed E-state index contributed by atoms with van der Waals surface area (Å²) >= 11 is 0. The Hall–Kier alpha value is -3.67. The number of aromatic nitrogens is 1. The van der Waals surface area contributed by atoms with Crippen molar-refractivity contribution in [1.29, 1.82) is 0 Å². The molecule has 6 heteroatoms. The maximum atomic E-state index is 12.4. The van der Waals surface area contributed by atoms with Gasteiger partial charge in [-0.1, -0.05) is 39.0 Å². The fourth-order valence-electron chi connectivity index (χ4n) is 3.51. The molecule has 2 amide bonds. The maximum absolute atomic E-state index is 12.4. The third kappa shape index (κ3) is 4.91. The molecule has 0 atom stereocenters. The highest BCUT2D eigenvalue weighted by Crippen LogP contribution is 2.32. The van der Waals surface area contributed by atoms with Crippen LogP contribution in [0.5, 0.6) is 11.5 Å². The molecule has 0 bridgehead atoms. The molecule has 4 rings (SSSR count). The van der Waals surface area contributed by atoms with E-state index in [0.717, 1.165) is 16.9 Å². The Labute approximate surface area is 181 Å². The number of pyridine rings is 1. The first-order valence-electron chi connectivity index (χ1n) is 10.2. The molecule has 0 saturated carbocycles. The highest BCUT2D eigenvalue weighted by Gasteiger charge is 2.23. The Balaban J connectivity index is 1.42. The van der Waals surface area contributed by atoms with E-state index in [9.17, 15) is 9.59 Å². The van der Waals surface area contributed by atoms with E-state index in [1.165, 1.54) is 5.56 Å². The zero-order valence-electron chi connectivity index (χ0n) is 17.9. The lowest BCUT2D eigenvalue weighted by Crippen LogP contribution is -2.19. The summed E-state index contributed by atoms with van der Waals surface area (Å²) in [5.74, 6) is 1.33. The number of ketones is 1. The van der Waals surface area contributed by atoms with Gasteiger partial charge in [-0.15, -0.1) is 0 Å². The Kier molecular flexibility index (Phi) is 5.46. The number of benzene rings is 2. The molecule has 1 heterocycles. The molecule has 0 radical (unpaired) electrons. The van der Waals surface area contributed by atoms with E-state index in [1.807, 2.05) is 24.3 Å². The number of nitrogens with one attached hydrogen (secondary N) is 2. The predicted molar refractivity (Wildman–Crippen MR) is 121 cm³/mol. The quantitative estimate of drug-likeness (QED) is 0.591. The summed E-state index contributed by atoms with van der Waals surface area (Å²) in [6.45, 7) is 6.44. The third-order valence-corrected chi connectivity index (χ3v) is 5.17. The minimum atomic E-state index is -0.337. The molecular formula is C25H25N3O3. The van der Waals surface area contributed by atoms with Crippen molar-refractivity contribution in [2.45, 2.75) is 39.0 Å². The molecule has 0 aliphatic heterocycles. The summed E-state index contributed by atoms with van der Waals surface area (Å²) < 4.78 is 5.99. The second kappa shape index (κ2) is 8.22. The van der Waals surface area contributed by atoms with Crippen LogP contribution < -0.4 is 15.4 Å². The number of hydrogen-bond acceptors (Lipinski definition) is 4. The highest BCUT2D eigenvalue weighted by molar-refractivity contribution is 5.99. The summed E-state index contributed by atoms with van der Waals surface area (Å²) in [7, 11) is 0. The molecular weight excluding hydrogens is 390 g/mol. The van der Waals surface area contributed by atoms with Gasteiger partial charge in [-0.05, 0) is 41.3 Å². The second-order valence-electron chi connectivity index (χ2n) is 8.66. The number of carbonyl (C=O) groups excluding carboxylic acids is 2. The van der Waals surface area contributed by atoms with Crippen molar-refractivity contribution in [1.82, 2.24) is 4.98 Å². The molecule has 6 nitrogen and oxygen atoms in total. The van der Waals surface area contributed by atoms with Crippen LogP contribution in [0, 0.1) is 0 Å². The van der Waals surface area contributed by atoms with Crippen molar-refractivity contribution < 1.29 is 14.3 Å². The minimum Gasteiger partial charge on any atom is -0.457 e. The largest absolute Gasteiger partial charge is 0.457 e. The van der Waals surface area contributed by atoms with Gasteiger partial charge in [0.05, 0.1) is 5.69 Å². The molecule has 3 aromatic rings. The van der Waals surface area contributed by atoms with Crippen LogP contribution in [0.2, 0.25) is 0 Å². The zero-order valence-corrected chi connectivity index (χ0v) is 17.9. The number of hydrogen-bond donors (Lipinski definition) is 2. The minimum absolute atomic E-state index is 0.0590. The van der Waals surface area contributed by atoms with E-state index >= 15 is 0 Å². The third-order valence-electron chi connectivity index (χ3n) is 5.17. The number of fused-ring (bicyclic) bond motifs is 1. The van der Waals surface area contributed by atoms with Gasteiger partial charge in [-0.2, -0.15) is 0 Å². The van der Waals surface area contributed by atoms with Crippen LogP contribution in [0.1, 0.15) is 37.6 Å². The number of nitrogens with zero attached hydrogens (tertiary/aromatic N) is 1. The molecule has 1 aromatic heterocycles. The van der Waals surface area contributed by atoms with Crippen molar-refractivity contribution in [3.8, 4) is 11.5 Å². The average Bonchev–Trinajstić information content (AvgIpc) is 3.09. The molecule has 1 aliphatic rings. The van der Waals surface area contributed by atoms with Gasteiger partial charge in [0, 0.05) is 42.0 Å². The van der Waals surface area contributed by atoms with Gasteiger partial charge >= 0.3 is 6.03 Å². The topological polar surface area (TPSA) is 80.3 Å². The van der Waals surface area contributed by atoms with Crippen molar-refractivity contribution >= 4 is 23.2 Å². The first kappa shape index (κ1) is 20.6. The second-order valence-corrected chi connectivity index (χ2v) is 8.66. The lowest BCUT2D eigenvalue weighted by Gasteiger charge is -2.19. The van der Waals surface area contributed by atoms with Crippen LogP contribution in [0.3, 0.4) is 0 Å². The van der Waals surface area contributed by atoms with E-state index in [-0.39, 0.29) is 17.2 Å². The smallest absolute Gasteiger partial charge is 0.323 e. The van der Waals surface area contributed by atoms with E-state index in [4.69, 9.17) is 4.74 Å². The lowest BCUT2D eigenvalue weighted by atomic mass is 9.87. The summed E-state index contributed by atoms with van der Waals surface area (Å²) in [6.07, 6.45) is 2.34. The van der Waals surface area contributed by atoms with Gasteiger partial charge in [-0.3, -0.25) is 9.78 Å². The van der Waals surface area contributed by atoms with Gasteiger partial charge in [0.1, 0.15) is 17.3 Å². The van der Waals surface area contributed by atoms with Crippen LogP contribution in [-0.2, 0) is 23.1 Å². The maximum Gasteiger partial charge on any atom is 0.323 e. The van der Waals surface area contributed by atoms with Gasteiger partial charge < -0.3 is 15.4 Å². The van der Waals surface area contributed by atoms with Crippen LogP contribution >= 0.6 is 0 Å². The monoisotopic (exact) mass is 415 g/mol. The van der Waals surface area contributed by atoms with Crippen LogP contribution in [0.15, 0.2) is 60.8 Å². The number of rotatable bonds is 4. The molecule has 2 N–H and O–H groups in total. The van der Waals surface area contributed by atoms with Gasteiger partial charge in [0.25, 0.3) is 0 Å². The normalized spacial score (nSPS) is 12.9. The van der Waals surface area contributed by atoms with Crippen molar-refractivity contribution in [3.63, 3.8) is 0 Å². The average molecular weight is 415 g/mol. The first-order valence-corrected chi connectivity index (χ1v) is 10.2. The van der Waals surface area contributed by atoms with Crippen molar-refractivity contribution in [2.75, 3.05) is 10.6 Å².